The van der Waals surface area contributed by atoms with Crippen molar-refractivity contribution < 1.29 is 74.6 Å². The fourth-order valence-corrected chi connectivity index (χ4v) is 2.44. The van der Waals surface area contributed by atoms with E-state index in [1.54, 1.807) is 0 Å². The number of hydrogen-bond acceptors (Lipinski definition) is 2. The van der Waals surface area contributed by atoms with Crippen LogP contribution in [-0.4, -0.2) is 56.7 Å². The number of hydrogen-bond donors (Lipinski definition) is 0. The molecule has 0 radical (unpaired) electrons. The van der Waals surface area contributed by atoms with Gasteiger partial charge < -0.3 is 0 Å². The highest BCUT2D eigenvalue weighted by Crippen LogP contribution is 2.64. The molecule has 0 aliphatic carbocycles. The Hall–Kier alpha value is -2.83. The van der Waals surface area contributed by atoms with E-state index in [4.69, 9.17) is 0 Å². The Bertz CT molecular complexity index is 1070. The van der Waals surface area contributed by atoms with Gasteiger partial charge in [0.1, 0.15) is 5.69 Å². The van der Waals surface area contributed by atoms with Gasteiger partial charge in [-0.3, -0.25) is 0 Å². The van der Waals surface area contributed by atoms with Crippen LogP contribution in [0.5, 0.6) is 0 Å². The van der Waals surface area contributed by atoms with Crippen molar-refractivity contribution in [2.24, 2.45) is 0 Å². The van der Waals surface area contributed by atoms with Gasteiger partial charge in [-0.05, 0) is 0 Å². The van der Waals surface area contributed by atoms with E-state index >= 15 is 0 Å². The largest absolute Gasteiger partial charge is 0.460 e. The van der Waals surface area contributed by atoms with Crippen LogP contribution in [0, 0.1) is 0 Å². The molecule has 0 bridgehead atoms. The molecule has 0 fully saturated rings. The molecule has 0 spiro atoms. The predicted octanol–water partition coefficient (Wildman–Crippen LogP) is 6.87. The molecule has 0 saturated carbocycles. The van der Waals surface area contributed by atoms with Gasteiger partial charge in [0.05, 0.1) is 6.20 Å². The summed E-state index contributed by atoms with van der Waals surface area (Å²) in [6, 6.07) is -0.979. The number of alkyl halides is 17. The van der Waals surface area contributed by atoms with Gasteiger partial charge in [0.15, 0.2) is 0 Å². The Morgan fingerprint density at radius 1 is 0.500 bits per heavy atom. The highest BCUT2D eigenvalue weighted by Gasteiger charge is 2.95. The van der Waals surface area contributed by atoms with E-state index in [0.29, 0.717) is 0 Å². The monoisotopic (exact) mass is 563 g/mol. The molecule has 1 aromatic heterocycles. The van der Waals surface area contributed by atoms with Gasteiger partial charge in [-0.1, -0.05) is 35.5 Å². The third-order valence-electron chi connectivity index (χ3n) is 4.56. The molecule has 0 amide bonds. The predicted molar refractivity (Wildman–Crippen MR) is 81.4 cm³/mol. The van der Waals surface area contributed by atoms with E-state index in [0.717, 1.165) is 12.1 Å². The summed E-state index contributed by atoms with van der Waals surface area (Å²) in [7, 11) is 0. The zero-order chi connectivity index (χ0) is 28.4. The Morgan fingerprint density at radius 2 is 0.889 bits per heavy atom. The Balaban J connectivity index is 2.61. The summed E-state index contributed by atoms with van der Waals surface area (Å²) in [4.78, 5) is 0. The quantitative estimate of drug-likeness (QED) is 0.329. The van der Waals surface area contributed by atoms with Crippen molar-refractivity contribution in [2.45, 2.75) is 47.8 Å². The van der Waals surface area contributed by atoms with Crippen LogP contribution in [0.2, 0.25) is 0 Å². The molecule has 0 aliphatic rings. The Kier molecular flexibility index (Phi) is 6.60. The van der Waals surface area contributed by atoms with Gasteiger partial charge in [-0.15, -0.1) is 5.10 Å². The number of rotatable bonds is 8. The van der Waals surface area contributed by atoms with E-state index in [9.17, 15) is 74.6 Å². The van der Waals surface area contributed by atoms with E-state index in [1.807, 2.05) is 0 Å². The minimum atomic E-state index is -8.68. The van der Waals surface area contributed by atoms with Gasteiger partial charge in [-0.2, -0.15) is 79.3 Å². The van der Waals surface area contributed by atoms with Crippen molar-refractivity contribution in [2.75, 3.05) is 0 Å². The van der Waals surface area contributed by atoms with E-state index in [-0.39, 0.29) is 11.8 Å². The summed E-state index contributed by atoms with van der Waals surface area (Å²) in [5.74, 6) is -50.4. The van der Waals surface area contributed by atoms with Gasteiger partial charge in [0.25, 0.3) is 0 Å². The zero-order valence-electron chi connectivity index (χ0n) is 16.2. The van der Waals surface area contributed by atoms with Crippen LogP contribution in [0.15, 0.2) is 36.5 Å². The number of benzene rings is 1. The second kappa shape index (κ2) is 8.09. The molecule has 204 valence electrons. The standard InChI is InChI=1S/C16H6F17N3/c17-9(18,11(21,22)13(25,26)15(29,30)31)10(19,20)12(23,24)14(27,28)16(32,33)36-6-8(34-35-36)7-4-2-1-3-5-7/h1-6H. The molecule has 1 heterocycles. The summed E-state index contributed by atoms with van der Waals surface area (Å²) in [6.45, 7) is 0. The number of aromatic nitrogens is 3. The van der Waals surface area contributed by atoms with Crippen molar-refractivity contribution in [1.29, 1.82) is 0 Å². The minimum Gasteiger partial charge on any atom is -0.192 e. The second-order valence-electron chi connectivity index (χ2n) is 6.90. The molecule has 20 heteroatoms. The Morgan fingerprint density at radius 3 is 1.31 bits per heavy atom. The summed E-state index contributed by atoms with van der Waals surface area (Å²) >= 11 is 0. The van der Waals surface area contributed by atoms with Crippen LogP contribution in [0.1, 0.15) is 0 Å². The Labute approximate surface area is 186 Å². The molecule has 3 nitrogen and oxygen atoms in total. The molecule has 0 unspecified atom stereocenters. The summed E-state index contributed by atoms with van der Waals surface area (Å²) in [5, 5.41) is 5.10. The minimum absolute atomic E-state index is 0.222. The van der Waals surface area contributed by atoms with Crippen molar-refractivity contribution in [1.82, 2.24) is 15.0 Å². The third-order valence-corrected chi connectivity index (χ3v) is 4.56. The first-order chi connectivity index (χ1) is 15.8. The fourth-order valence-electron chi connectivity index (χ4n) is 2.44. The van der Waals surface area contributed by atoms with Crippen molar-refractivity contribution in [3.8, 4) is 11.3 Å². The first kappa shape index (κ1) is 29.4. The zero-order valence-corrected chi connectivity index (χ0v) is 16.2. The molecule has 2 rings (SSSR count). The topological polar surface area (TPSA) is 30.7 Å². The molecule has 36 heavy (non-hydrogen) atoms. The normalized spacial score (nSPS) is 15.4. The van der Waals surface area contributed by atoms with E-state index in [1.165, 1.54) is 18.2 Å². The molecule has 0 atom stereocenters. The average molecular weight is 563 g/mol. The fraction of sp³-hybridized carbons (Fsp3) is 0.500. The number of halogens is 17. The third kappa shape index (κ3) is 3.73. The van der Waals surface area contributed by atoms with Gasteiger partial charge in [0.2, 0.25) is 0 Å². The second-order valence-corrected chi connectivity index (χ2v) is 6.90. The lowest BCUT2D eigenvalue weighted by Crippen LogP contribution is -2.74. The number of nitrogens with zero attached hydrogens (tertiary/aromatic N) is 3. The first-order valence-electron chi connectivity index (χ1n) is 8.52. The van der Waals surface area contributed by atoms with Crippen LogP contribution in [-0.2, 0) is 6.05 Å². The van der Waals surface area contributed by atoms with Crippen LogP contribution >= 0.6 is 0 Å². The molecule has 1 aromatic carbocycles. The van der Waals surface area contributed by atoms with Crippen LogP contribution in [0.4, 0.5) is 74.6 Å². The molecular weight excluding hydrogens is 557 g/mol. The van der Waals surface area contributed by atoms with Crippen molar-refractivity contribution in [3.63, 3.8) is 0 Å². The summed E-state index contributed by atoms with van der Waals surface area (Å²) < 4.78 is 225. The molecular formula is C16H6F17N3. The smallest absolute Gasteiger partial charge is 0.192 e. The van der Waals surface area contributed by atoms with Crippen molar-refractivity contribution in [3.05, 3.63) is 36.5 Å². The van der Waals surface area contributed by atoms with Gasteiger partial charge >= 0.3 is 47.8 Å². The summed E-state index contributed by atoms with van der Waals surface area (Å²) in [5.41, 5.74) is -1.04. The highest BCUT2D eigenvalue weighted by molar-refractivity contribution is 5.57. The molecule has 0 N–H and O–H groups in total. The van der Waals surface area contributed by atoms with Gasteiger partial charge in [0, 0.05) is 5.56 Å². The van der Waals surface area contributed by atoms with Crippen LogP contribution in [0.25, 0.3) is 11.3 Å². The molecule has 2 aromatic rings. The average Bonchev–Trinajstić information content (AvgIpc) is 3.23. The molecule has 0 aliphatic heterocycles. The van der Waals surface area contributed by atoms with Crippen LogP contribution in [0.3, 0.4) is 0 Å². The van der Waals surface area contributed by atoms with E-state index in [2.05, 4.69) is 10.3 Å². The lowest BCUT2D eigenvalue weighted by Gasteiger charge is -2.42. The van der Waals surface area contributed by atoms with E-state index < -0.39 is 58.1 Å². The highest BCUT2D eigenvalue weighted by atomic mass is 19.4. The first-order valence-corrected chi connectivity index (χ1v) is 8.52. The maximum atomic E-state index is 14.1. The van der Waals surface area contributed by atoms with Crippen LogP contribution < -0.4 is 0 Å². The summed E-state index contributed by atoms with van der Waals surface area (Å²) in [6.07, 6.45) is -8.09. The lowest BCUT2D eigenvalue weighted by molar-refractivity contribution is -0.467. The maximum absolute atomic E-state index is 14.1. The lowest BCUT2D eigenvalue weighted by atomic mass is 9.90. The molecule has 0 saturated heterocycles. The SMILES string of the molecule is FC(F)(F)C(F)(F)C(F)(F)C(F)(F)C(F)(F)C(F)(F)C(F)(F)C(F)(F)n1cc(-c2ccccc2)nn1. The maximum Gasteiger partial charge on any atom is 0.460 e. The van der Waals surface area contributed by atoms with Gasteiger partial charge in [-0.25, -0.2) is 0 Å². The van der Waals surface area contributed by atoms with Crippen molar-refractivity contribution >= 4 is 0 Å².